The van der Waals surface area contributed by atoms with E-state index in [0.717, 1.165) is 0 Å². The molecule has 1 rings (SSSR count). The minimum Gasteiger partial charge on any atom is -0.392 e. The summed E-state index contributed by atoms with van der Waals surface area (Å²) in [5, 5.41) is 9.20. The van der Waals surface area contributed by atoms with E-state index in [9.17, 15) is 13.5 Å². The second kappa shape index (κ2) is 6.00. The molecule has 19 heavy (non-hydrogen) atoms. The van der Waals surface area contributed by atoms with Crippen molar-refractivity contribution in [1.29, 1.82) is 0 Å². The van der Waals surface area contributed by atoms with Gasteiger partial charge >= 0.3 is 0 Å². The van der Waals surface area contributed by atoms with Crippen LogP contribution < -0.4 is 4.72 Å². The summed E-state index contributed by atoms with van der Waals surface area (Å²) >= 11 is 0. The van der Waals surface area contributed by atoms with Gasteiger partial charge in [-0.15, -0.1) is 0 Å². The van der Waals surface area contributed by atoms with Crippen LogP contribution in [0.2, 0.25) is 0 Å². The maximum absolute atomic E-state index is 12.2. The Morgan fingerprint density at radius 3 is 2.37 bits per heavy atom. The van der Waals surface area contributed by atoms with Gasteiger partial charge in [-0.2, -0.15) is 0 Å². The van der Waals surface area contributed by atoms with Crippen molar-refractivity contribution in [1.82, 2.24) is 9.62 Å². The first-order valence-corrected chi connectivity index (χ1v) is 7.55. The quantitative estimate of drug-likeness (QED) is 0.811. The van der Waals surface area contributed by atoms with Gasteiger partial charge in [-0.1, -0.05) is 18.2 Å². The molecule has 0 radical (unpaired) electrons. The SMILES string of the molecule is CN(C)C(C)(C)CNS(=O)(=O)c1ccccc1CO. The number of hydrogen-bond acceptors (Lipinski definition) is 4. The molecular weight excluding hydrogens is 264 g/mol. The summed E-state index contributed by atoms with van der Waals surface area (Å²) in [6.07, 6.45) is 0. The van der Waals surface area contributed by atoms with Crippen molar-refractivity contribution in [2.45, 2.75) is 30.9 Å². The lowest BCUT2D eigenvalue weighted by Crippen LogP contribution is -2.48. The van der Waals surface area contributed by atoms with Crippen molar-refractivity contribution < 1.29 is 13.5 Å². The maximum atomic E-state index is 12.2. The zero-order chi connectivity index (χ0) is 14.7. The third-order valence-corrected chi connectivity index (χ3v) is 4.84. The molecule has 0 spiro atoms. The molecule has 6 heteroatoms. The van der Waals surface area contributed by atoms with Gasteiger partial charge in [-0.05, 0) is 39.6 Å². The number of nitrogens with one attached hydrogen (secondary N) is 1. The lowest BCUT2D eigenvalue weighted by atomic mass is 10.1. The molecule has 2 N–H and O–H groups in total. The number of rotatable bonds is 6. The highest BCUT2D eigenvalue weighted by atomic mass is 32.2. The summed E-state index contributed by atoms with van der Waals surface area (Å²) in [4.78, 5) is 2.08. The van der Waals surface area contributed by atoms with Crippen LogP contribution >= 0.6 is 0 Å². The lowest BCUT2D eigenvalue weighted by Gasteiger charge is -2.32. The molecule has 0 aliphatic rings. The van der Waals surface area contributed by atoms with Crippen LogP contribution in [0.4, 0.5) is 0 Å². The van der Waals surface area contributed by atoms with Gasteiger partial charge in [-0.25, -0.2) is 13.1 Å². The van der Waals surface area contributed by atoms with Crippen LogP contribution in [0.5, 0.6) is 0 Å². The van der Waals surface area contributed by atoms with Crippen LogP contribution in [-0.4, -0.2) is 44.6 Å². The van der Waals surface area contributed by atoms with Gasteiger partial charge in [0.2, 0.25) is 10.0 Å². The monoisotopic (exact) mass is 286 g/mol. The molecular formula is C13H22N2O3S. The second-order valence-corrected chi connectivity index (χ2v) is 7.03. The minimum absolute atomic E-state index is 0.132. The molecule has 0 aliphatic heterocycles. The van der Waals surface area contributed by atoms with Crippen molar-refractivity contribution in [2.24, 2.45) is 0 Å². The maximum Gasteiger partial charge on any atom is 0.240 e. The van der Waals surface area contributed by atoms with Gasteiger partial charge in [0.25, 0.3) is 0 Å². The van der Waals surface area contributed by atoms with E-state index in [1.54, 1.807) is 18.2 Å². The summed E-state index contributed by atoms with van der Waals surface area (Å²) in [5.74, 6) is 0. The Morgan fingerprint density at radius 2 is 1.84 bits per heavy atom. The lowest BCUT2D eigenvalue weighted by molar-refractivity contribution is 0.199. The van der Waals surface area contributed by atoms with Crippen LogP contribution in [-0.2, 0) is 16.6 Å². The number of nitrogens with zero attached hydrogens (tertiary/aromatic N) is 1. The molecule has 0 saturated carbocycles. The molecule has 1 aromatic rings. The summed E-state index contributed by atoms with van der Waals surface area (Å²) in [6, 6.07) is 6.45. The summed E-state index contributed by atoms with van der Waals surface area (Å²) in [7, 11) is 0.191. The first-order valence-electron chi connectivity index (χ1n) is 6.06. The van der Waals surface area contributed by atoms with Crippen LogP contribution in [0.25, 0.3) is 0 Å². The second-order valence-electron chi connectivity index (χ2n) is 5.30. The molecule has 0 aliphatic carbocycles. The van der Waals surface area contributed by atoms with Gasteiger partial charge in [0.05, 0.1) is 11.5 Å². The molecule has 0 unspecified atom stereocenters. The van der Waals surface area contributed by atoms with Crippen LogP contribution in [0.3, 0.4) is 0 Å². The Balaban J connectivity index is 2.94. The highest BCUT2D eigenvalue weighted by molar-refractivity contribution is 7.89. The van der Waals surface area contributed by atoms with Gasteiger partial charge in [0, 0.05) is 12.1 Å². The number of benzene rings is 1. The van der Waals surface area contributed by atoms with Crippen molar-refractivity contribution >= 4 is 10.0 Å². The fourth-order valence-corrected chi connectivity index (χ4v) is 2.84. The fraction of sp³-hybridized carbons (Fsp3) is 0.538. The van der Waals surface area contributed by atoms with Gasteiger partial charge in [0.1, 0.15) is 0 Å². The van der Waals surface area contributed by atoms with E-state index in [2.05, 4.69) is 4.72 Å². The Bertz CT molecular complexity index is 524. The molecule has 108 valence electrons. The van der Waals surface area contributed by atoms with Crippen LogP contribution in [0.1, 0.15) is 19.4 Å². The average molecular weight is 286 g/mol. The zero-order valence-electron chi connectivity index (χ0n) is 11.8. The number of hydrogen-bond donors (Lipinski definition) is 2. The standard InChI is InChI=1S/C13H22N2O3S/c1-13(2,15(3)4)10-14-19(17,18)12-8-6-5-7-11(12)9-16/h5-8,14,16H,9-10H2,1-4H3. The van der Waals surface area contributed by atoms with Gasteiger partial charge in [0.15, 0.2) is 0 Å². The van der Waals surface area contributed by atoms with Crippen molar-refractivity contribution in [2.75, 3.05) is 20.6 Å². The van der Waals surface area contributed by atoms with Gasteiger partial charge < -0.3 is 10.0 Å². The van der Waals surface area contributed by atoms with E-state index in [1.807, 2.05) is 32.8 Å². The van der Waals surface area contributed by atoms with E-state index in [0.29, 0.717) is 12.1 Å². The van der Waals surface area contributed by atoms with Crippen molar-refractivity contribution in [3.05, 3.63) is 29.8 Å². The molecule has 0 saturated heterocycles. The van der Waals surface area contributed by atoms with E-state index in [4.69, 9.17) is 0 Å². The summed E-state index contributed by atoms with van der Waals surface area (Å²) < 4.78 is 27.1. The summed E-state index contributed by atoms with van der Waals surface area (Å²) in [5.41, 5.74) is 0.110. The first kappa shape index (κ1) is 16.1. The summed E-state index contributed by atoms with van der Waals surface area (Å²) in [6.45, 7) is 3.90. The average Bonchev–Trinajstić information content (AvgIpc) is 2.36. The molecule has 5 nitrogen and oxygen atoms in total. The predicted octanol–water partition coefficient (Wildman–Crippen LogP) is 0.797. The topological polar surface area (TPSA) is 69.6 Å². The molecule has 1 aromatic carbocycles. The minimum atomic E-state index is -3.61. The predicted molar refractivity (Wildman–Crippen MR) is 75.3 cm³/mol. The highest BCUT2D eigenvalue weighted by Gasteiger charge is 2.25. The Kier molecular flexibility index (Phi) is 5.09. The molecule has 0 bridgehead atoms. The van der Waals surface area contributed by atoms with Crippen LogP contribution in [0.15, 0.2) is 29.2 Å². The van der Waals surface area contributed by atoms with Crippen molar-refractivity contribution in [3.8, 4) is 0 Å². The van der Waals surface area contributed by atoms with E-state index >= 15 is 0 Å². The first-order chi connectivity index (χ1) is 8.70. The van der Waals surface area contributed by atoms with Gasteiger partial charge in [-0.3, -0.25) is 0 Å². The zero-order valence-corrected chi connectivity index (χ0v) is 12.7. The Hall–Kier alpha value is -0.950. The molecule has 0 amide bonds. The highest BCUT2D eigenvalue weighted by Crippen LogP contribution is 2.16. The molecule has 0 heterocycles. The third kappa shape index (κ3) is 4.01. The van der Waals surface area contributed by atoms with E-state index in [1.165, 1.54) is 6.07 Å². The van der Waals surface area contributed by atoms with Crippen LogP contribution in [0, 0.1) is 0 Å². The fourth-order valence-electron chi connectivity index (χ4n) is 1.40. The van der Waals surface area contributed by atoms with E-state index < -0.39 is 10.0 Å². The number of aliphatic hydroxyl groups excluding tert-OH is 1. The Labute approximate surface area is 115 Å². The molecule has 0 fully saturated rings. The number of likely N-dealkylation sites (N-methyl/N-ethyl adjacent to an activating group) is 1. The molecule has 0 atom stereocenters. The smallest absolute Gasteiger partial charge is 0.240 e. The van der Waals surface area contributed by atoms with Crippen molar-refractivity contribution in [3.63, 3.8) is 0 Å². The van der Waals surface area contributed by atoms with E-state index in [-0.39, 0.29) is 17.0 Å². The molecule has 0 aromatic heterocycles. The normalized spacial score (nSPS) is 12.9. The Morgan fingerprint density at radius 1 is 1.26 bits per heavy atom. The number of sulfonamides is 1. The number of aliphatic hydroxyl groups is 1. The third-order valence-electron chi connectivity index (χ3n) is 3.34. The largest absolute Gasteiger partial charge is 0.392 e.